The predicted octanol–water partition coefficient (Wildman–Crippen LogP) is 9.55. The van der Waals surface area contributed by atoms with Gasteiger partial charge in [0, 0.05) is 32.4 Å². The van der Waals surface area contributed by atoms with Gasteiger partial charge in [-0.15, -0.1) is 11.8 Å². The van der Waals surface area contributed by atoms with Gasteiger partial charge in [-0.2, -0.15) is 12.6 Å². The number of pyridine rings is 2. The number of aromatic nitrogens is 2. The first kappa shape index (κ1) is 43.9. The van der Waals surface area contributed by atoms with Gasteiger partial charge < -0.3 is 20.9 Å². The average molecular weight is 818 g/mol. The number of carbonyl (C=O) groups excluding carboxylic acids is 2. The summed E-state index contributed by atoms with van der Waals surface area (Å²) in [6.07, 6.45) is 13.3. The smallest absolute Gasteiger partial charge is 0.306 e. The molecule has 2 rings (SSSR count). The summed E-state index contributed by atoms with van der Waals surface area (Å²) in [5, 5.41) is 0.990. The molecule has 8 nitrogen and oxygen atoms in total. The summed E-state index contributed by atoms with van der Waals surface area (Å²) in [5.74, 6) is 2.65. The van der Waals surface area contributed by atoms with Crippen molar-refractivity contribution in [1.29, 1.82) is 0 Å². The first-order chi connectivity index (χ1) is 21.5. The molecule has 0 saturated carbocycles. The van der Waals surface area contributed by atoms with Gasteiger partial charge in [0.25, 0.3) is 0 Å². The highest BCUT2D eigenvalue weighted by Gasteiger charge is 2.12. The normalized spacial score (nSPS) is 11.7. The van der Waals surface area contributed by atoms with E-state index in [-0.39, 0.29) is 11.9 Å². The number of thioether (sulfide) groups is 1. The summed E-state index contributed by atoms with van der Waals surface area (Å²) in [5.41, 5.74) is 11.0. The van der Waals surface area contributed by atoms with Crippen molar-refractivity contribution in [1.82, 2.24) is 9.97 Å². The molecule has 0 amide bonds. The number of rotatable bonds is 18. The second kappa shape index (κ2) is 27.9. The number of hydrogen-bond acceptors (Lipinski definition) is 10. The number of hydrogen-bond donors (Lipinski definition) is 3. The molecule has 13 heteroatoms. The number of halogens is 3. The molecular weight excluding hydrogens is 766 g/mol. The van der Waals surface area contributed by atoms with E-state index in [9.17, 15) is 9.59 Å². The van der Waals surface area contributed by atoms with Crippen LogP contribution >= 0.6 is 70.2 Å². The van der Waals surface area contributed by atoms with Crippen LogP contribution in [-0.2, 0) is 19.1 Å². The van der Waals surface area contributed by atoms with Crippen molar-refractivity contribution >= 4 is 93.8 Å². The second-order valence-corrected chi connectivity index (χ2v) is 13.8. The molecule has 2 heterocycles. The number of unbranched alkanes of at least 4 members (excludes halogenated alkanes) is 2. The molecule has 2 aromatic heterocycles. The fourth-order valence-corrected chi connectivity index (χ4v) is 5.57. The Morgan fingerprint density at radius 2 is 1.36 bits per heavy atom. The van der Waals surface area contributed by atoms with Gasteiger partial charge in [-0.1, -0.05) is 89.4 Å². The minimum Gasteiger partial charge on any atom is -0.465 e. The largest absolute Gasteiger partial charge is 0.465 e. The third-order valence-corrected chi connectivity index (χ3v) is 10.1. The maximum Gasteiger partial charge on any atom is 0.306 e. The van der Waals surface area contributed by atoms with Crippen molar-refractivity contribution in [3.8, 4) is 0 Å². The third-order valence-electron chi connectivity index (χ3n) is 6.68. The van der Waals surface area contributed by atoms with Crippen molar-refractivity contribution in [2.24, 2.45) is 11.8 Å². The summed E-state index contributed by atoms with van der Waals surface area (Å²) in [4.78, 5) is 31.4. The number of nitrogen functional groups attached to an aromatic ring is 2. The topological polar surface area (TPSA) is 130 Å². The Kier molecular flexibility index (Phi) is 27.2. The summed E-state index contributed by atoms with van der Waals surface area (Å²) in [7, 11) is 0. The molecule has 0 spiro atoms. The van der Waals surface area contributed by atoms with Crippen LogP contribution in [0.4, 0.5) is 11.6 Å². The van der Waals surface area contributed by atoms with Crippen molar-refractivity contribution in [2.75, 3.05) is 36.2 Å². The zero-order valence-electron chi connectivity index (χ0n) is 27.0. The van der Waals surface area contributed by atoms with E-state index in [1.807, 2.05) is 0 Å². The highest BCUT2D eigenvalue weighted by atomic mass is 127. The molecule has 0 aliphatic rings. The van der Waals surface area contributed by atoms with Crippen molar-refractivity contribution in [2.45, 2.75) is 96.8 Å². The summed E-state index contributed by atoms with van der Waals surface area (Å²) >= 11 is 19.3. The lowest BCUT2D eigenvalue weighted by Crippen LogP contribution is -2.14. The van der Waals surface area contributed by atoms with Crippen LogP contribution in [0.5, 0.6) is 0 Å². The van der Waals surface area contributed by atoms with Gasteiger partial charge in [0.1, 0.15) is 11.6 Å². The Morgan fingerprint density at radius 1 is 0.867 bits per heavy atom. The Labute approximate surface area is 303 Å². The van der Waals surface area contributed by atoms with E-state index in [1.165, 1.54) is 43.9 Å². The number of carbonyl (C=O) groups is 2. The zero-order chi connectivity index (χ0) is 34.0. The molecule has 2 atom stereocenters. The van der Waals surface area contributed by atoms with Crippen LogP contribution in [0.1, 0.15) is 91.9 Å². The van der Waals surface area contributed by atoms with Crippen LogP contribution in [-0.4, -0.2) is 46.6 Å². The quantitative estimate of drug-likeness (QED) is 0.0583. The van der Waals surface area contributed by atoms with Crippen LogP contribution in [0, 0.1) is 15.4 Å². The van der Waals surface area contributed by atoms with Crippen molar-refractivity contribution in [3.05, 3.63) is 38.1 Å². The van der Waals surface area contributed by atoms with Crippen molar-refractivity contribution in [3.63, 3.8) is 0 Å². The molecule has 4 N–H and O–H groups in total. The SMILES string of the molecule is CCCCC(CC)COC(=O)CCS.CCCCC(CC)COC(=O)CCSc1ccnc(N)c1Cl.Nc1nccc(I)c1Cl. The number of thiol groups is 1. The van der Waals surface area contributed by atoms with Gasteiger partial charge in [-0.25, -0.2) is 9.97 Å². The maximum atomic E-state index is 11.8. The minimum absolute atomic E-state index is 0.116. The monoisotopic (exact) mass is 816 g/mol. The molecule has 0 aliphatic heterocycles. The van der Waals surface area contributed by atoms with Gasteiger partial charge in [0.2, 0.25) is 0 Å². The van der Waals surface area contributed by atoms with Crippen LogP contribution in [0.3, 0.4) is 0 Å². The highest BCUT2D eigenvalue weighted by molar-refractivity contribution is 14.1. The van der Waals surface area contributed by atoms with E-state index in [4.69, 9.17) is 44.1 Å². The molecule has 0 aliphatic carbocycles. The Morgan fingerprint density at radius 3 is 1.80 bits per heavy atom. The van der Waals surface area contributed by atoms with Gasteiger partial charge in [0.15, 0.2) is 0 Å². The molecule has 0 radical (unpaired) electrons. The fourth-order valence-electron chi connectivity index (χ4n) is 3.69. The Hall–Kier alpha value is -1.15. The molecule has 0 saturated heterocycles. The predicted molar refractivity (Wildman–Crippen MR) is 202 cm³/mol. The molecule has 2 unspecified atom stereocenters. The number of ether oxygens (including phenoxy) is 2. The highest BCUT2D eigenvalue weighted by Crippen LogP contribution is 2.30. The van der Waals surface area contributed by atoms with Gasteiger partial charge in [0.05, 0.1) is 36.1 Å². The lowest BCUT2D eigenvalue weighted by molar-refractivity contribution is -0.145. The van der Waals surface area contributed by atoms with Gasteiger partial charge in [-0.05, 0) is 59.4 Å². The first-order valence-electron chi connectivity index (χ1n) is 15.5. The van der Waals surface area contributed by atoms with Crippen LogP contribution in [0.15, 0.2) is 29.4 Å². The molecule has 256 valence electrons. The van der Waals surface area contributed by atoms with Crippen LogP contribution in [0.25, 0.3) is 0 Å². The van der Waals surface area contributed by atoms with E-state index < -0.39 is 0 Å². The molecular formula is C32H51Cl2IN4O4S2. The molecule has 0 fully saturated rings. The summed E-state index contributed by atoms with van der Waals surface area (Å²) < 4.78 is 11.4. The lowest BCUT2D eigenvalue weighted by Gasteiger charge is -2.14. The average Bonchev–Trinajstić information content (AvgIpc) is 3.03. The number of nitrogens with two attached hydrogens (primary N) is 2. The molecule has 45 heavy (non-hydrogen) atoms. The summed E-state index contributed by atoms with van der Waals surface area (Å²) in [6, 6.07) is 3.60. The van der Waals surface area contributed by atoms with E-state index in [1.54, 1.807) is 24.5 Å². The van der Waals surface area contributed by atoms with Gasteiger partial charge >= 0.3 is 11.9 Å². The van der Waals surface area contributed by atoms with Crippen LogP contribution in [0.2, 0.25) is 10.0 Å². The maximum absolute atomic E-state index is 11.8. The third kappa shape index (κ3) is 21.4. The molecule has 0 bridgehead atoms. The first-order valence-corrected chi connectivity index (χ1v) is 19.0. The van der Waals surface area contributed by atoms with Crippen molar-refractivity contribution < 1.29 is 19.1 Å². The van der Waals surface area contributed by atoms with E-state index in [0.717, 1.165) is 27.7 Å². The minimum atomic E-state index is -0.152. The number of nitrogens with zero attached hydrogens (tertiary/aromatic N) is 2. The lowest BCUT2D eigenvalue weighted by atomic mass is 10.0. The summed E-state index contributed by atoms with van der Waals surface area (Å²) in [6.45, 7) is 9.76. The standard InChI is InChI=1S/C16H25ClN2O2S.C11H22O2S.C5H4ClIN2/c1-3-5-6-12(4-2)11-21-14(20)8-10-22-13-7-9-19-16(18)15(13)17;1-3-5-6-10(4-2)9-13-11(12)7-8-14;6-4-3(7)1-2-9-5(4)8/h7,9,12H,3-6,8,10-11H2,1-2H3,(H2,18,19);10,14H,3-9H2,1-2H3;1-2H,(H2,8,9). The zero-order valence-corrected chi connectivity index (χ0v) is 32.4. The Balaban J connectivity index is 0.000000715. The second-order valence-electron chi connectivity index (χ2n) is 10.3. The van der Waals surface area contributed by atoms with E-state index in [2.05, 4.69) is 72.9 Å². The van der Waals surface area contributed by atoms with E-state index in [0.29, 0.717) is 71.1 Å². The number of anilines is 2. The molecule has 0 aromatic carbocycles. The van der Waals surface area contributed by atoms with E-state index >= 15 is 0 Å². The number of esters is 2. The fraction of sp³-hybridized carbons (Fsp3) is 0.625. The van der Waals surface area contributed by atoms with Crippen LogP contribution < -0.4 is 11.5 Å². The molecule has 2 aromatic rings. The van der Waals surface area contributed by atoms with Gasteiger partial charge in [-0.3, -0.25) is 9.59 Å². The Bertz CT molecular complexity index is 1080.